The Morgan fingerprint density at radius 2 is 2.31 bits per heavy atom. The molecule has 2 aromatic heterocycles. The van der Waals surface area contributed by atoms with Crippen LogP contribution in [0, 0.1) is 6.92 Å². The number of aryl methyl sites for hydroxylation is 1. The quantitative estimate of drug-likeness (QED) is 0.713. The molecule has 1 aliphatic rings. The summed E-state index contributed by atoms with van der Waals surface area (Å²) in [6.07, 6.45) is 4.37. The second-order valence-electron chi connectivity index (χ2n) is 3.59. The van der Waals surface area contributed by atoms with Gasteiger partial charge in [-0.3, -0.25) is 5.10 Å². The lowest BCUT2D eigenvalue weighted by atomic mass is 10.3. The molecule has 1 aliphatic carbocycles. The molecule has 0 atom stereocenters. The van der Waals surface area contributed by atoms with E-state index in [-0.39, 0.29) is 0 Å². The minimum atomic E-state index is 0.659. The van der Waals surface area contributed by atoms with Gasteiger partial charge in [0.05, 0.1) is 17.6 Å². The number of aromatic amines is 1. The fourth-order valence-corrected chi connectivity index (χ4v) is 1.50. The lowest BCUT2D eigenvalue weighted by Gasteiger charge is -1.95. The average Bonchev–Trinajstić information content (AvgIpc) is 2.93. The molecule has 1 N–H and O–H groups in total. The molecule has 3 rings (SSSR count). The van der Waals surface area contributed by atoms with Crippen molar-refractivity contribution in [1.29, 1.82) is 0 Å². The first-order valence-electron chi connectivity index (χ1n) is 4.52. The van der Waals surface area contributed by atoms with Crippen molar-refractivity contribution < 1.29 is 0 Å². The molecule has 0 radical (unpaired) electrons. The number of fused-ring (bicyclic) bond motifs is 1. The molecule has 0 aliphatic heterocycles. The van der Waals surface area contributed by atoms with Crippen LogP contribution in [0.1, 0.15) is 30.1 Å². The summed E-state index contributed by atoms with van der Waals surface area (Å²) in [5, 5.41) is 6.93. The van der Waals surface area contributed by atoms with Crippen LogP contribution in [-0.4, -0.2) is 20.2 Å². The van der Waals surface area contributed by atoms with E-state index in [0.29, 0.717) is 5.92 Å². The van der Waals surface area contributed by atoms with Gasteiger partial charge in [-0.25, -0.2) is 9.97 Å². The van der Waals surface area contributed by atoms with Crippen LogP contribution < -0.4 is 0 Å². The van der Waals surface area contributed by atoms with E-state index in [2.05, 4.69) is 20.2 Å². The van der Waals surface area contributed by atoms with Crippen molar-refractivity contribution in [3.63, 3.8) is 0 Å². The third kappa shape index (κ3) is 1.02. The highest BCUT2D eigenvalue weighted by molar-refractivity contribution is 5.72. The highest BCUT2D eigenvalue weighted by Crippen LogP contribution is 2.38. The molecule has 4 nitrogen and oxygen atoms in total. The molecular formula is C9H10N4. The molecule has 0 amide bonds. The number of hydrogen-bond donors (Lipinski definition) is 1. The van der Waals surface area contributed by atoms with E-state index < -0.39 is 0 Å². The molecule has 66 valence electrons. The highest BCUT2D eigenvalue weighted by Gasteiger charge is 2.25. The van der Waals surface area contributed by atoms with Gasteiger partial charge in [0.15, 0.2) is 5.65 Å². The summed E-state index contributed by atoms with van der Waals surface area (Å²) in [5.41, 5.74) is 3.77. The average molecular weight is 174 g/mol. The van der Waals surface area contributed by atoms with Gasteiger partial charge in [0.25, 0.3) is 0 Å². The molecule has 4 heteroatoms. The molecule has 1 fully saturated rings. The van der Waals surface area contributed by atoms with E-state index in [1.807, 2.05) is 13.1 Å². The minimum absolute atomic E-state index is 0.659. The summed E-state index contributed by atoms with van der Waals surface area (Å²) in [7, 11) is 0. The zero-order chi connectivity index (χ0) is 8.84. The minimum Gasteiger partial charge on any atom is -0.278 e. The van der Waals surface area contributed by atoms with E-state index in [0.717, 1.165) is 22.6 Å². The maximum atomic E-state index is 4.54. The Bertz CT molecular complexity index is 456. The molecule has 2 heterocycles. The molecule has 0 bridgehead atoms. The summed E-state index contributed by atoms with van der Waals surface area (Å²) in [6.45, 7) is 1.97. The zero-order valence-electron chi connectivity index (χ0n) is 7.41. The van der Waals surface area contributed by atoms with Gasteiger partial charge in [0, 0.05) is 5.92 Å². The van der Waals surface area contributed by atoms with Gasteiger partial charge in [0.2, 0.25) is 0 Å². The van der Waals surface area contributed by atoms with E-state index in [9.17, 15) is 0 Å². The number of rotatable bonds is 1. The van der Waals surface area contributed by atoms with Crippen LogP contribution in [0.4, 0.5) is 0 Å². The SMILES string of the molecule is Cc1[nH]nc2ncc(C3CC3)nc12. The van der Waals surface area contributed by atoms with Crippen molar-refractivity contribution in [2.24, 2.45) is 0 Å². The molecule has 0 saturated heterocycles. The fraction of sp³-hybridized carbons (Fsp3) is 0.444. The molecule has 0 spiro atoms. The maximum absolute atomic E-state index is 4.54. The number of nitrogens with zero attached hydrogens (tertiary/aromatic N) is 3. The Morgan fingerprint density at radius 1 is 1.46 bits per heavy atom. The van der Waals surface area contributed by atoms with Crippen molar-refractivity contribution >= 4 is 11.2 Å². The molecule has 0 unspecified atom stereocenters. The standard InChI is InChI=1S/C9H10N4/c1-5-8-9(13-12-5)10-4-7(11-8)6-2-3-6/h4,6H,2-3H2,1H3,(H,10,12,13). The molecule has 13 heavy (non-hydrogen) atoms. The van der Waals surface area contributed by atoms with Crippen LogP contribution in [-0.2, 0) is 0 Å². The smallest absolute Gasteiger partial charge is 0.199 e. The predicted molar refractivity (Wildman–Crippen MR) is 48.4 cm³/mol. The van der Waals surface area contributed by atoms with Crippen molar-refractivity contribution in [2.75, 3.05) is 0 Å². The third-order valence-corrected chi connectivity index (χ3v) is 2.45. The molecule has 2 aromatic rings. The number of nitrogens with one attached hydrogen (secondary N) is 1. The fourth-order valence-electron chi connectivity index (χ4n) is 1.50. The van der Waals surface area contributed by atoms with E-state index >= 15 is 0 Å². The Balaban J connectivity index is 2.24. The first kappa shape index (κ1) is 7.00. The first-order valence-corrected chi connectivity index (χ1v) is 4.52. The summed E-state index contributed by atoms with van der Waals surface area (Å²) in [4.78, 5) is 8.80. The summed E-state index contributed by atoms with van der Waals surface area (Å²) in [6, 6.07) is 0. The molecule has 0 aromatic carbocycles. The van der Waals surface area contributed by atoms with Gasteiger partial charge in [-0.15, -0.1) is 0 Å². The predicted octanol–water partition coefficient (Wildman–Crippen LogP) is 1.54. The number of hydrogen-bond acceptors (Lipinski definition) is 3. The van der Waals surface area contributed by atoms with E-state index in [1.165, 1.54) is 12.8 Å². The number of aromatic nitrogens is 4. The van der Waals surface area contributed by atoms with Crippen LogP contribution in [0.15, 0.2) is 6.20 Å². The highest BCUT2D eigenvalue weighted by atomic mass is 15.2. The van der Waals surface area contributed by atoms with E-state index in [1.54, 1.807) is 0 Å². The van der Waals surface area contributed by atoms with Crippen LogP contribution in [0.3, 0.4) is 0 Å². The lowest BCUT2D eigenvalue weighted by Crippen LogP contribution is -1.89. The summed E-state index contributed by atoms with van der Waals surface area (Å²) >= 11 is 0. The van der Waals surface area contributed by atoms with Gasteiger partial charge in [-0.05, 0) is 19.8 Å². The normalized spacial score (nSPS) is 16.7. The summed E-state index contributed by atoms with van der Waals surface area (Å²) in [5.74, 6) is 0.659. The van der Waals surface area contributed by atoms with Crippen molar-refractivity contribution in [2.45, 2.75) is 25.7 Å². The first-order chi connectivity index (χ1) is 6.34. The van der Waals surface area contributed by atoms with Crippen molar-refractivity contribution in [3.8, 4) is 0 Å². The van der Waals surface area contributed by atoms with Crippen molar-refractivity contribution in [1.82, 2.24) is 20.2 Å². The van der Waals surface area contributed by atoms with Gasteiger partial charge in [-0.1, -0.05) is 0 Å². The Kier molecular flexibility index (Phi) is 1.23. The Hall–Kier alpha value is -1.45. The van der Waals surface area contributed by atoms with Crippen molar-refractivity contribution in [3.05, 3.63) is 17.6 Å². The third-order valence-electron chi connectivity index (χ3n) is 2.45. The van der Waals surface area contributed by atoms with Crippen LogP contribution in [0.5, 0.6) is 0 Å². The molecular weight excluding hydrogens is 164 g/mol. The molecule has 1 saturated carbocycles. The van der Waals surface area contributed by atoms with Gasteiger partial charge in [0.1, 0.15) is 5.52 Å². The van der Waals surface area contributed by atoms with Gasteiger partial charge in [-0.2, -0.15) is 5.10 Å². The topological polar surface area (TPSA) is 54.5 Å². The van der Waals surface area contributed by atoms with Crippen LogP contribution >= 0.6 is 0 Å². The lowest BCUT2D eigenvalue weighted by molar-refractivity contribution is 1.01. The monoisotopic (exact) mass is 174 g/mol. The maximum Gasteiger partial charge on any atom is 0.199 e. The Labute approximate surface area is 75.4 Å². The Morgan fingerprint density at radius 3 is 3.08 bits per heavy atom. The van der Waals surface area contributed by atoms with Gasteiger partial charge >= 0.3 is 0 Å². The second kappa shape index (κ2) is 2.28. The van der Waals surface area contributed by atoms with Crippen LogP contribution in [0.2, 0.25) is 0 Å². The zero-order valence-corrected chi connectivity index (χ0v) is 7.41. The second-order valence-corrected chi connectivity index (χ2v) is 3.59. The largest absolute Gasteiger partial charge is 0.278 e. The van der Waals surface area contributed by atoms with Crippen LogP contribution in [0.25, 0.3) is 11.2 Å². The number of H-pyrrole nitrogens is 1. The van der Waals surface area contributed by atoms with E-state index in [4.69, 9.17) is 0 Å². The summed E-state index contributed by atoms with van der Waals surface area (Å²) < 4.78 is 0. The van der Waals surface area contributed by atoms with Gasteiger partial charge < -0.3 is 0 Å².